The van der Waals surface area contributed by atoms with Gasteiger partial charge in [-0.15, -0.1) is 0 Å². The Hall–Kier alpha value is -3.35. The third-order valence-electron chi connectivity index (χ3n) is 6.79. The first-order chi connectivity index (χ1) is 16.5. The fraction of sp³-hybridized carbons (Fsp3) is 0.444. The van der Waals surface area contributed by atoms with Crippen LogP contribution in [0.25, 0.3) is 11.1 Å². The van der Waals surface area contributed by atoms with Crippen molar-refractivity contribution in [3.8, 4) is 11.1 Å². The second-order valence-corrected chi connectivity index (χ2v) is 9.25. The van der Waals surface area contributed by atoms with Gasteiger partial charge in [0, 0.05) is 24.4 Å². The van der Waals surface area contributed by atoms with Crippen LogP contribution in [0.5, 0.6) is 0 Å². The van der Waals surface area contributed by atoms with Crippen LogP contribution < -0.4 is 10.6 Å². The number of carbonyl (C=O) groups is 3. The molecular weight excluding hydrogens is 432 g/mol. The lowest BCUT2D eigenvalue weighted by Crippen LogP contribution is -2.38. The highest BCUT2D eigenvalue weighted by Crippen LogP contribution is 2.44. The van der Waals surface area contributed by atoms with Crippen LogP contribution in [0.3, 0.4) is 0 Å². The van der Waals surface area contributed by atoms with E-state index in [1.807, 2.05) is 31.2 Å². The molecule has 2 aliphatic carbocycles. The fourth-order valence-corrected chi connectivity index (χ4v) is 4.85. The number of amides is 2. The molecule has 0 spiro atoms. The quantitative estimate of drug-likeness (QED) is 0.460. The molecule has 3 N–H and O–H groups in total. The van der Waals surface area contributed by atoms with Gasteiger partial charge in [0.2, 0.25) is 5.91 Å². The summed E-state index contributed by atoms with van der Waals surface area (Å²) in [5.74, 6) is -1.16. The maximum atomic E-state index is 12.5. The molecule has 0 bridgehead atoms. The molecule has 1 fully saturated rings. The molecule has 4 rings (SSSR count). The average molecular weight is 465 g/mol. The largest absolute Gasteiger partial charge is 0.481 e. The van der Waals surface area contributed by atoms with Gasteiger partial charge in [-0.25, -0.2) is 4.79 Å². The lowest BCUT2D eigenvalue weighted by Gasteiger charge is -2.17. The van der Waals surface area contributed by atoms with Crippen LogP contribution in [0, 0.1) is 11.8 Å². The molecule has 0 radical (unpaired) electrons. The Morgan fingerprint density at radius 3 is 2.32 bits per heavy atom. The molecule has 1 saturated carbocycles. The van der Waals surface area contributed by atoms with E-state index in [0.717, 1.165) is 24.0 Å². The smallest absolute Gasteiger partial charge is 0.407 e. The van der Waals surface area contributed by atoms with Crippen LogP contribution in [0.4, 0.5) is 4.79 Å². The van der Waals surface area contributed by atoms with Gasteiger partial charge in [-0.05, 0) is 41.0 Å². The fourth-order valence-electron chi connectivity index (χ4n) is 4.85. The van der Waals surface area contributed by atoms with Gasteiger partial charge in [0.15, 0.2) is 0 Å². The number of carbonyl (C=O) groups excluding carboxylic acids is 2. The summed E-state index contributed by atoms with van der Waals surface area (Å²) in [5.41, 5.74) is 4.68. The maximum absolute atomic E-state index is 12.5. The number of fused-ring (bicyclic) bond motifs is 3. The highest BCUT2D eigenvalue weighted by atomic mass is 16.5. The molecule has 0 aromatic heterocycles. The van der Waals surface area contributed by atoms with E-state index in [-0.39, 0.29) is 42.7 Å². The Balaban J connectivity index is 1.23. The molecule has 0 heterocycles. The van der Waals surface area contributed by atoms with E-state index in [9.17, 15) is 14.4 Å². The highest BCUT2D eigenvalue weighted by molar-refractivity contribution is 5.82. The molecule has 1 unspecified atom stereocenters. The summed E-state index contributed by atoms with van der Waals surface area (Å²) in [7, 11) is 0. The van der Waals surface area contributed by atoms with Gasteiger partial charge in [0.1, 0.15) is 6.61 Å². The van der Waals surface area contributed by atoms with Crippen LogP contribution in [0.15, 0.2) is 48.5 Å². The summed E-state index contributed by atoms with van der Waals surface area (Å²) in [6.45, 7) is 2.65. The number of carboxylic acid groups (broad SMARTS) is 1. The second kappa shape index (κ2) is 10.7. The van der Waals surface area contributed by atoms with Gasteiger partial charge in [0.05, 0.1) is 6.42 Å². The standard InChI is InChI=1S/C27H32N2O5/c1-2-3-8-18(14-25(30)31)29-26(32)23-13-17(23)15-28-27(33)34-16-24-21-11-6-4-9-19(21)20-10-5-7-12-22(20)24/h4-7,9-12,17-18,23-24H,2-3,8,13-16H2,1H3,(H,28,33)(H,29,32)(H,30,31)/t17-,18?,23-/m0/s1. The van der Waals surface area contributed by atoms with Gasteiger partial charge in [-0.3, -0.25) is 9.59 Å². The topological polar surface area (TPSA) is 105 Å². The van der Waals surface area contributed by atoms with Crippen molar-refractivity contribution >= 4 is 18.0 Å². The number of alkyl carbamates (subject to hydrolysis) is 1. The molecule has 7 nitrogen and oxygen atoms in total. The Bertz CT molecular complexity index is 1010. The minimum absolute atomic E-state index is 0.00638. The Morgan fingerprint density at radius 1 is 1.06 bits per heavy atom. The summed E-state index contributed by atoms with van der Waals surface area (Å²) >= 11 is 0. The molecular formula is C27H32N2O5. The third-order valence-corrected chi connectivity index (χ3v) is 6.79. The lowest BCUT2D eigenvalue weighted by molar-refractivity contribution is -0.137. The Kier molecular flexibility index (Phi) is 7.50. The van der Waals surface area contributed by atoms with Crippen LogP contribution in [0.2, 0.25) is 0 Å². The van der Waals surface area contributed by atoms with E-state index in [2.05, 4.69) is 34.9 Å². The van der Waals surface area contributed by atoms with E-state index in [1.54, 1.807) is 0 Å². The second-order valence-electron chi connectivity index (χ2n) is 9.25. The molecule has 2 aromatic rings. The zero-order valence-electron chi connectivity index (χ0n) is 19.5. The predicted molar refractivity (Wildman–Crippen MR) is 128 cm³/mol. The molecule has 180 valence electrons. The van der Waals surface area contributed by atoms with Crippen molar-refractivity contribution in [2.75, 3.05) is 13.2 Å². The molecule has 7 heteroatoms. The molecule has 2 aliphatic rings. The average Bonchev–Trinajstić information content (AvgIpc) is 3.55. The monoisotopic (exact) mass is 464 g/mol. The number of carboxylic acids is 1. The number of hydrogen-bond acceptors (Lipinski definition) is 4. The summed E-state index contributed by atoms with van der Waals surface area (Å²) in [4.78, 5) is 35.9. The number of aliphatic carboxylic acids is 1. The highest BCUT2D eigenvalue weighted by Gasteiger charge is 2.43. The zero-order valence-corrected chi connectivity index (χ0v) is 19.5. The van der Waals surface area contributed by atoms with Crippen LogP contribution in [-0.2, 0) is 14.3 Å². The summed E-state index contributed by atoms with van der Waals surface area (Å²) < 4.78 is 5.55. The molecule has 34 heavy (non-hydrogen) atoms. The van der Waals surface area contributed by atoms with E-state index in [0.29, 0.717) is 19.4 Å². The zero-order chi connectivity index (χ0) is 24.1. The van der Waals surface area contributed by atoms with Crippen LogP contribution >= 0.6 is 0 Å². The number of rotatable bonds is 11. The number of nitrogens with one attached hydrogen (secondary N) is 2. The van der Waals surface area contributed by atoms with Gasteiger partial charge in [0.25, 0.3) is 0 Å². The van der Waals surface area contributed by atoms with Crippen molar-refractivity contribution in [1.82, 2.24) is 10.6 Å². The molecule has 3 atom stereocenters. The molecule has 0 aliphatic heterocycles. The van der Waals surface area contributed by atoms with Gasteiger partial charge in [-0.2, -0.15) is 0 Å². The van der Waals surface area contributed by atoms with Crippen molar-refractivity contribution in [3.05, 3.63) is 59.7 Å². The maximum Gasteiger partial charge on any atom is 0.407 e. The van der Waals surface area contributed by atoms with Crippen molar-refractivity contribution in [3.63, 3.8) is 0 Å². The molecule has 2 amide bonds. The Morgan fingerprint density at radius 2 is 1.71 bits per heavy atom. The van der Waals surface area contributed by atoms with Crippen molar-refractivity contribution in [1.29, 1.82) is 0 Å². The summed E-state index contributed by atoms with van der Waals surface area (Å²) in [6, 6.07) is 16.0. The third kappa shape index (κ3) is 5.58. The van der Waals surface area contributed by atoms with E-state index < -0.39 is 12.1 Å². The van der Waals surface area contributed by atoms with Gasteiger partial charge in [-0.1, -0.05) is 68.3 Å². The first kappa shape index (κ1) is 23.8. The van der Waals surface area contributed by atoms with E-state index in [1.165, 1.54) is 11.1 Å². The van der Waals surface area contributed by atoms with Crippen molar-refractivity contribution < 1.29 is 24.2 Å². The summed E-state index contributed by atoms with van der Waals surface area (Å²) in [6.07, 6.45) is 2.60. The van der Waals surface area contributed by atoms with Crippen LogP contribution in [-0.4, -0.2) is 42.3 Å². The minimum atomic E-state index is -0.911. The van der Waals surface area contributed by atoms with Crippen molar-refractivity contribution in [2.45, 2.75) is 51.0 Å². The van der Waals surface area contributed by atoms with Crippen molar-refractivity contribution in [2.24, 2.45) is 11.8 Å². The molecule has 0 saturated heterocycles. The molecule has 2 aromatic carbocycles. The summed E-state index contributed by atoms with van der Waals surface area (Å²) in [5, 5.41) is 14.7. The predicted octanol–water partition coefficient (Wildman–Crippen LogP) is 4.31. The normalized spacial score (nSPS) is 19.0. The SMILES string of the molecule is CCCCC(CC(=O)O)NC(=O)[C@H]1C[C@H]1CNC(=O)OCC1c2ccccc2-c2ccccc21. The van der Waals surface area contributed by atoms with E-state index >= 15 is 0 Å². The minimum Gasteiger partial charge on any atom is -0.481 e. The number of ether oxygens (including phenoxy) is 1. The number of hydrogen-bond donors (Lipinski definition) is 3. The van der Waals surface area contributed by atoms with E-state index in [4.69, 9.17) is 9.84 Å². The first-order valence-electron chi connectivity index (χ1n) is 12.1. The lowest BCUT2D eigenvalue weighted by atomic mass is 9.98. The van der Waals surface area contributed by atoms with Crippen LogP contribution in [0.1, 0.15) is 56.1 Å². The number of benzene rings is 2. The first-order valence-corrected chi connectivity index (χ1v) is 12.1. The van der Waals surface area contributed by atoms with Gasteiger partial charge >= 0.3 is 12.1 Å². The number of unbranched alkanes of at least 4 members (excludes halogenated alkanes) is 1. The van der Waals surface area contributed by atoms with Gasteiger partial charge < -0.3 is 20.5 Å². The Labute approximate surface area is 199 Å².